The predicted octanol–water partition coefficient (Wildman–Crippen LogP) is 2.55. The summed E-state index contributed by atoms with van der Waals surface area (Å²) in [5.74, 6) is 0.613. The van der Waals surface area contributed by atoms with Crippen LogP contribution in [0.5, 0.6) is 5.75 Å². The highest BCUT2D eigenvalue weighted by Crippen LogP contribution is 2.44. The minimum atomic E-state index is -0.184. The lowest BCUT2D eigenvalue weighted by molar-refractivity contribution is 0.0704. The smallest absolute Gasteiger partial charge is 0.276 e. The molecule has 0 spiro atoms. The molecule has 0 radical (unpaired) electrons. The fraction of sp³-hybridized carbons (Fsp3) is 0.368. The lowest BCUT2D eigenvalue weighted by Crippen LogP contribution is -2.35. The van der Waals surface area contributed by atoms with Crippen LogP contribution < -0.4 is 5.32 Å². The maximum Gasteiger partial charge on any atom is 0.276 e. The number of rotatable bonds is 2. The fourth-order valence-corrected chi connectivity index (χ4v) is 4.14. The van der Waals surface area contributed by atoms with E-state index in [0.29, 0.717) is 18.4 Å². The second-order valence-electron chi connectivity index (χ2n) is 6.71. The van der Waals surface area contributed by atoms with Crippen LogP contribution in [0.15, 0.2) is 42.6 Å². The van der Waals surface area contributed by atoms with E-state index in [-0.39, 0.29) is 35.8 Å². The summed E-state index contributed by atoms with van der Waals surface area (Å²) < 4.78 is 0. The van der Waals surface area contributed by atoms with Gasteiger partial charge in [-0.1, -0.05) is 24.3 Å². The molecule has 0 unspecified atom stereocenters. The Morgan fingerprint density at radius 3 is 2.80 bits per heavy atom. The molecule has 25 heavy (non-hydrogen) atoms. The van der Waals surface area contributed by atoms with E-state index >= 15 is 0 Å². The van der Waals surface area contributed by atoms with Gasteiger partial charge in [0.1, 0.15) is 5.75 Å². The summed E-state index contributed by atoms with van der Waals surface area (Å²) in [7, 11) is 0. The zero-order valence-corrected chi connectivity index (χ0v) is 14.9. The van der Waals surface area contributed by atoms with Crippen LogP contribution in [0.2, 0.25) is 0 Å². The number of benzene rings is 1. The molecule has 0 saturated carbocycles. The molecule has 2 aliphatic heterocycles. The first kappa shape index (κ1) is 17.7. The molecule has 2 aliphatic rings. The second-order valence-corrected chi connectivity index (χ2v) is 6.71. The SMILES string of the molecule is Cc1ccccc1[C@H]1[C@H]2CNC[C@H]2CN1C(=O)c1ncccc1O.Cl. The normalized spacial score (nSPS) is 24.7. The lowest BCUT2D eigenvalue weighted by atomic mass is 9.87. The van der Waals surface area contributed by atoms with Crippen molar-refractivity contribution in [1.29, 1.82) is 0 Å². The number of pyridine rings is 1. The van der Waals surface area contributed by atoms with E-state index in [2.05, 4.69) is 29.4 Å². The number of carbonyl (C=O) groups is 1. The number of nitrogens with one attached hydrogen (secondary N) is 1. The number of hydrogen-bond donors (Lipinski definition) is 2. The second kappa shape index (κ2) is 7.02. The van der Waals surface area contributed by atoms with Crippen LogP contribution in [0.25, 0.3) is 0 Å². The van der Waals surface area contributed by atoms with Crippen molar-refractivity contribution in [2.75, 3.05) is 19.6 Å². The van der Waals surface area contributed by atoms with Gasteiger partial charge in [0, 0.05) is 31.7 Å². The molecule has 132 valence electrons. The third kappa shape index (κ3) is 2.98. The topological polar surface area (TPSA) is 65.5 Å². The van der Waals surface area contributed by atoms with Crippen LogP contribution >= 0.6 is 12.4 Å². The minimum absolute atomic E-state index is 0. The molecule has 2 N–H and O–H groups in total. The number of likely N-dealkylation sites (tertiary alicyclic amines) is 1. The third-order valence-corrected chi connectivity index (χ3v) is 5.32. The van der Waals surface area contributed by atoms with Gasteiger partial charge >= 0.3 is 0 Å². The molecule has 3 atom stereocenters. The Morgan fingerprint density at radius 1 is 1.24 bits per heavy atom. The van der Waals surface area contributed by atoms with Crippen LogP contribution in [-0.4, -0.2) is 40.5 Å². The molecular formula is C19H22ClN3O2. The summed E-state index contributed by atoms with van der Waals surface area (Å²) in [5, 5.41) is 13.5. The Balaban J connectivity index is 0.00000182. The summed E-state index contributed by atoms with van der Waals surface area (Å²) in [5.41, 5.74) is 2.53. The molecule has 0 aliphatic carbocycles. The third-order valence-electron chi connectivity index (χ3n) is 5.32. The number of carbonyl (C=O) groups excluding carboxylic acids is 1. The lowest BCUT2D eigenvalue weighted by Gasteiger charge is -2.29. The van der Waals surface area contributed by atoms with E-state index in [1.807, 2.05) is 17.0 Å². The zero-order valence-electron chi connectivity index (χ0n) is 14.1. The van der Waals surface area contributed by atoms with Crippen molar-refractivity contribution in [3.8, 4) is 5.75 Å². The highest BCUT2D eigenvalue weighted by molar-refractivity contribution is 5.95. The van der Waals surface area contributed by atoms with Crippen molar-refractivity contribution in [3.63, 3.8) is 0 Å². The molecule has 1 amide bonds. The summed E-state index contributed by atoms with van der Waals surface area (Å²) in [6.45, 7) is 4.64. The molecule has 5 nitrogen and oxygen atoms in total. The Morgan fingerprint density at radius 2 is 2.04 bits per heavy atom. The Labute approximate surface area is 153 Å². The van der Waals surface area contributed by atoms with Gasteiger partial charge < -0.3 is 15.3 Å². The number of aromatic nitrogens is 1. The molecule has 2 fully saturated rings. The van der Waals surface area contributed by atoms with Gasteiger partial charge in [0.15, 0.2) is 5.69 Å². The standard InChI is InChI=1S/C19H21N3O2.ClH/c1-12-5-2-3-6-14(12)18-15-10-20-9-13(15)11-22(18)19(24)17-16(23)7-4-8-21-17;/h2-8,13,15,18,20,23H,9-11H2,1H3;1H/t13-,15-,18-;/m0./s1. The van der Waals surface area contributed by atoms with Crippen molar-refractivity contribution in [2.45, 2.75) is 13.0 Å². The first-order chi connectivity index (χ1) is 11.7. The molecule has 3 heterocycles. The molecule has 6 heteroatoms. The van der Waals surface area contributed by atoms with E-state index in [9.17, 15) is 9.90 Å². The number of amides is 1. The number of aromatic hydroxyl groups is 1. The van der Waals surface area contributed by atoms with Gasteiger partial charge in [0.25, 0.3) is 5.91 Å². The first-order valence-corrected chi connectivity index (χ1v) is 8.38. The highest BCUT2D eigenvalue weighted by Gasteiger charge is 2.47. The molecule has 0 bridgehead atoms. The van der Waals surface area contributed by atoms with Gasteiger partial charge in [0.05, 0.1) is 6.04 Å². The summed E-state index contributed by atoms with van der Waals surface area (Å²) in [4.78, 5) is 19.1. The van der Waals surface area contributed by atoms with Crippen molar-refractivity contribution < 1.29 is 9.90 Å². The van der Waals surface area contributed by atoms with Crippen LogP contribution in [0, 0.1) is 18.8 Å². The van der Waals surface area contributed by atoms with Gasteiger partial charge in [-0.25, -0.2) is 4.98 Å². The van der Waals surface area contributed by atoms with Crippen LogP contribution in [0.4, 0.5) is 0 Å². The van der Waals surface area contributed by atoms with E-state index in [0.717, 1.165) is 13.1 Å². The molecule has 4 rings (SSSR count). The van der Waals surface area contributed by atoms with Crippen LogP contribution in [0.3, 0.4) is 0 Å². The van der Waals surface area contributed by atoms with Crippen molar-refractivity contribution in [1.82, 2.24) is 15.2 Å². The average Bonchev–Trinajstić information content (AvgIpc) is 3.16. The predicted molar refractivity (Wildman–Crippen MR) is 98.0 cm³/mol. The molecule has 1 aromatic carbocycles. The van der Waals surface area contributed by atoms with Gasteiger partial charge in [-0.05, 0) is 36.1 Å². The van der Waals surface area contributed by atoms with E-state index in [1.54, 1.807) is 12.3 Å². The molecule has 2 aromatic rings. The number of aryl methyl sites for hydroxylation is 1. The monoisotopic (exact) mass is 359 g/mol. The molecule has 2 saturated heterocycles. The number of hydrogen-bond acceptors (Lipinski definition) is 4. The van der Waals surface area contributed by atoms with Crippen LogP contribution in [-0.2, 0) is 0 Å². The van der Waals surface area contributed by atoms with Gasteiger partial charge in [0.2, 0.25) is 0 Å². The van der Waals surface area contributed by atoms with E-state index in [1.165, 1.54) is 17.2 Å². The minimum Gasteiger partial charge on any atom is -0.505 e. The summed E-state index contributed by atoms with van der Waals surface area (Å²) in [6, 6.07) is 11.4. The fourth-order valence-electron chi connectivity index (χ4n) is 4.14. The quantitative estimate of drug-likeness (QED) is 0.864. The van der Waals surface area contributed by atoms with Gasteiger partial charge in [-0.3, -0.25) is 4.79 Å². The summed E-state index contributed by atoms with van der Waals surface area (Å²) in [6.07, 6.45) is 1.55. The maximum atomic E-state index is 13.1. The van der Waals surface area contributed by atoms with Crippen LogP contribution in [0.1, 0.15) is 27.7 Å². The summed E-state index contributed by atoms with van der Waals surface area (Å²) >= 11 is 0. The van der Waals surface area contributed by atoms with E-state index in [4.69, 9.17) is 0 Å². The van der Waals surface area contributed by atoms with Crippen molar-refractivity contribution in [3.05, 3.63) is 59.4 Å². The first-order valence-electron chi connectivity index (χ1n) is 8.38. The maximum absolute atomic E-state index is 13.1. The zero-order chi connectivity index (χ0) is 16.7. The Hall–Kier alpha value is -2.11. The Bertz CT molecular complexity index is 783. The van der Waals surface area contributed by atoms with Gasteiger partial charge in [-0.15, -0.1) is 12.4 Å². The van der Waals surface area contributed by atoms with E-state index < -0.39 is 0 Å². The van der Waals surface area contributed by atoms with Gasteiger partial charge in [-0.2, -0.15) is 0 Å². The average molecular weight is 360 g/mol. The van der Waals surface area contributed by atoms with Crippen molar-refractivity contribution >= 4 is 18.3 Å². The number of nitrogens with zero attached hydrogens (tertiary/aromatic N) is 2. The molecule has 1 aromatic heterocycles. The number of halogens is 1. The Kier molecular flexibility index (Phi) is 4.97. The number of fused-ring (bicyclic) bond motifs is 1. The highest BCUT2D eigenvalue weighted by atomic mass is 35.5. The van der Waals surface area contributed by atoms with Crippen molar-refractivity contribution in [2.24, 2.45) is 11.8 Å². The largest absolute Gasteiger partial charge is 0.505 e. The molecular weight excluding hydrogens is 338 g/mol.